The summed E-state index contributed by atoms with van der Waals surface area (Å²) in [6, 6.07) is 3.48. The summed E-state index contributed by atoms with van der Waals surface area (Å²) in [4.78, 5) is 4.16. The molecule has 1 aromatic heterocycles. The third-order valence-electron chi connectivity index (χ3n) is 1.26. The van der Waals surface area contributed by atoms with Crippen LogP contribution < -0.4 is 5.73 Å². The molecule has 0 aliphatic rings. The molecule has 0 unspecified atom stereocenters. The van der Waals surface area contributed by atoms with Gasteiger partial charge in [0, 0.05) is 4.75 Å². The van der Waals surface area contributed by atoms with E-state index in [-0.39, 0.29) is 4.75 Å². The fourth-order valence-electron chi connectivity index (χ4n) is 0.800. The molecule has 0 spiro atoms. The van der Waals surface area contributed by atoms with Gasteiger partial charge >= 0.3 is 0 Å². The number of nitrogen functional groups attached to an aromatic ring is 1. The van der Waals surface area contributed by atoms with Gasteiger partial charge in [0.2, 0.25) is 0 Å². The number of pyridine rings is 1. The highest BCUT2D eigenvalue weighted by Crippen LogP contribution is 2.34. The quantitative estimate of drug-likeness (QED) is 0.579. The van der Waals surface area contributed by atoms with Gasteiger partial charge in [0.1, 0.15) is 10.2 Å². The van der Waals surface area contributed by atoms with Crippen molar-refractivity contribution in [2.45, 2.75) is 30.5 Å². The summed E-state index contributed by atoms with van der Waals surface area (Å²) in [7, 11) is 0. The predicted molar refractivity (Wildman–Crippen MR) is 59.3 cm³/mol. The van der Waals surface area contributed by atoms with Gasteiger partial charge in [0.15, 0.2) is 0 Å². The van der Waals surface area contributed by atoms with Gasteiger partial charge < -0.3 is 5.73 Å². The lowest BCUT2D eigenvalue weighted by atomic mass is 10.3. The van der Waals surface area contributed by atoms with Crippen molar-refractivity contribution < 1.29 is 0 Å². The first-order valence-corrected chi connectivity index (χ1v) is 5.19. The monoisotopic (exact) mass is 216 g/mol. The van der Waals surface area contributed by atoms with Crippen molar-refractivity contribution in [1.82, 2.24) is 4.98 Å². The third-order valence-corrected chi connectivity index (χ3v) is 2.60. The summed E-state index contributed by atoms with van der Waals surface area (Å²) in [6.07, 6.45) is 0. The highest BCUT2D eigenvalue weighted by Gasteiger charge is 2.15. The molecule has 72 valence electrons. The summed E-state index contributed by atoms with van der Waals surface area (Å²) in [5.41, 5.74) is 6.44. The van der Waals surface area contributed by atoms with Crippen molar-refractivity contribution in [1.29, 1.82) is 0 Å². The van der Waals surface area contributed by atoms with Gasteiger partial charge in [-0.15, -0.1) is 0 Å². The molecule has 2 nitrogen and oxygen atoms in total. The van der Waals surface area contributed by atoms with Crippen molar-refractivity contribution in [3.63, 3.8) is 0 Å². The number of nitrogens with two attached hydrogens (primary N) is 1. The summed E-state index contributed by atoms with van der Waals surface area (Å²) in [6.45, 7) is 6.33. The Morgan fingerprint density at radius 1 is 1.38 bits per heavy atom. The van der Waals surface area contributed by atoms with E-state index in [9.17, 15) is 0 Å². The molecular weight excluding hydrogens is 204 g/mol. The molecule has 13 heavy (non-hydrogen) atoms. The second kappa shape index (κ2) is 3.76. The van der Waals surface area contributed by atoms with Gasteiger partial charge in [0.25, 0.3) is 0 Å². The van der Waals surface area contributed by atoms with Crippen LogP contribution in [0.3, 0.4) is 0 Å². The van der Waals surface area contributed by atoms with E-state index in [0.717, 1.165) is 5.03 Å². The number of halogens is 1. The second-order valence-corrected chi connectivity index (χ2v) is 5.95. The first-order chi connectivity index (χ1) is 5.88. The molecule has 1 aromatic rings. The Morgan fingerprint density at radius 2 is 2.00 bits per heavy atom. The molecule has 1 heterocycles. The van der Waals surface area contributed by atoms with Gasteiger partial charge in [-0.05, 0) is 12.1 Å². The summed E-state index contributed by atoms with van der Waals surface area (Å²) < 4.78 is 0.103. The zero-order valence-corrected chi connectivity index (χ0v) is 9.54. The zero-order chi connectivity index (χ0) is 10.1. The highest BCUT2D eigenvalue weighted by atomic mass is 35.5. The van der Waals surface area contributed by atoms with Crippen LogP contribution in [0.15, 0.2) is 17.2 Å². The molecule has 4 heteroatoms. The van der Waals surface area contributed by atoms with Gasteiger partial charge in [-0.2, -0.15) is 0 Å². The van der Waals surface area contributed by atoms with Crippen LogP contribution in [-0.2, 0) is 0 Å². The normalized spacial score (nSPS) is 11.7. The maximum atomic E-state index is 5.77. The van der Waals surface area contributed by atoms with Crippen molar-refractivity contribution in [2.24, 2.45) is 0 Å². The Morgan fingerprint density at radius 3 is 2.54 bits per heavy atom. The average molecular weight is 217 g/mol. The van der Waals surface area contributed by atoms with Gasteiger partial charge in [-0.3, -0.25) is 0 Å². The lowest BCUT2D eigenvalue weighted by Crippen LogP contribution is -2.08. The molecule has 0 saturated carbocycles. The molecule has 0 aliphatic heterocycles. The van der Waals surface area contributed by atoms with E-state index in [1.807, 2.05) is 0 Å². The highest BCUT2D eigenvalue weighted by molar-refractivity contribution is 8.00. The fourth-order valence-corrected chi connectivity index (χ4v) is 1.91. The largest absolute Gasteiger partial charge is 0.397 e. The minimum Gasteiger partial charge on any atom is -0.397 e. The molecule has 0 aromatic carbocycles. The van der Waals surface area contributed by atoms with Crippen LogP contribution in [0.2, 0.25) is 5.15 Å². The molecule has 0 aliphatic carbocycles. The minimum atomic E-state index is 0.103. The van der Waals surface area contributed by atoms with Crippen LogP contribution in [0.4, 0.5) is 5.69 Å². The molecule has 0 atom stereocenters. The standard InChI is InChI=1S/C9H13ClN2S/c1-9(2,3)13-8-6(11)4-5-7(10)12-8/h4-5H,11H2,1-3H3. The van der Waals surface area contributed by atoms with Crippen LogP contribution >= 0.6 is 23.4 Å². The van der Waals surface area contributed by atoms with E-state index in [4.69, 9.17) is 17.3 Å². The maximum absolute atomic E-state index is 5.77. The van der Waals surface area contributed by atoms with E-state index < -0.39 is 0 Å². The first kappa shape index (κ1) is 10.7. The number of thioether (sulfide) groups is 1. The average Bonchev–Trinajstić information content (AvgIpc) is 1.94. The molecule has 1 rings (SSSR count). The third kappa shape index (κ3) is 3.44. The Bertz CT molecular complexity index is 307. The van der Waals surface area contributed by atoms with Crippen LogP contribution in [0.25, 0.3) is 0 Å². The topological polar surface area (TPSA) is 38.9 Å². The predicted octanol–water partition coefficient (Wildman–Crippen LogP) is 3.21. The maximum Gasteiger partial charge on any atom is 0.130 e. The summed E-state index contributed by atoms with van der Waals surface area (Å²) >= 11 is 7.39. The van der Waals surface area contributed by atoms with E-state index in [1.165, 1.54) is 0 Å². The molecule has 0 fully saturated rings. The van der Waals surface area contributed by atoms with Crippen molar-refractivity contribution in [3.05, 3.63) is 17.3 Å². The number of rotatable bonds is 1. The molecule has 0 bridgehead atoms. The van der Waals surface area contributed by atoms with E-state index in [0.29, 0.717) is 10.8 Å². The van der Waals surface area contributed by atoms with Crippen LogP contribution in [0, 0.1) is 0 Å². The lowest BCUT2D eigenvalue weighted by Gasteiger charge is -2.17. The van der Waals surface area contributed by atoms with Crippen molar-refractivity contribution in [3.8, 4) is 0 Å². The minimum absolute atomic E-state index is 0.103. The first-order valence-electron chi connectivity index (χ1n) is 3.99. The second-order valence-electron chi connectivity index (χ2n) is 3.74. The number of anilines is 1. The van der Waals surface area contributed by atoms with Crippen molar-refractivity contribution >= 4 is 29.1 Å². The van der Waals surface area contributed by atoms with Gasteiger partial charge in [-0.1, -0.05) is 44.1 Å². The Kier molecular flexibility index (Phi) is 3.09. The summed E-state index contributed by atoms with van der Waals surface area (Å²) in [5, 5.41) is 1.29. The van der Waals surface area contributed by atoms with Gasteiger partial charge in [0.05, 0.1) is 5.69 Å². The van der Waals surface area contributed by atoms with Crippen LogP contribution in [0.5, 0.6) is 0 Å². The smallest absolute Gasteiger partial charge is 0.130 e. The molecular formula is C9H13ClN2S. The zero-order valence-electron chi connectivity index (χ0n) is 7.97. The van der Waals surface area contributed by atoms with Crippen molar-refractivity contribution in [2.75, 3.05) is 5.73 Å². The summed E-state index contributed by atoms with van der Waals surface area (Å²) in [5.74, 6) is 0. The molecule has 2 N–H and O–H groups in total. The fraction of sp³-hybridized carbons (Fsp3) is 0.444. The van der Waals surface area contributed by atoms with E-state index in [1.54, 1.807) is 23.9 Å². The molecule has 0 amide bonds. The Hall–Kier alpha value is -0.410. The number of hydrogen-bond donors (Lipinski definition) is 1. The Labute approximate surface area is 87.9 Å². The molecule has 0 saturated heterocycles. The number of aromatic nitrogens is 1. The number of hydrogen-bond acceptors (Lipinski definition) is 3. The van der Waals surface area contributed by atoms with E-state index in [2.05, 4.69) is 25.8 Å². The number of nitrogens with zero attached hydrogens (tertiary/aromatic N) is 1. The SMILES string of the molecule is CC(C)(C)Sc1nc(Cl)ccc1N. The van der Waals surface area contributed by atoms with E-state index >= 15 is 0 Å². The van der Waals surface area contributed by atoms with Crippen LogP contribution in [0.1, 0.15) is 20.8 Å². The van der Waals surface area contributed by atoms with Gasteiger partial charge in [-0.25, -0.2) is 4.98 Å². The lowest BCUT2D eigenvalue weighted by molar-refractivity contribution is 0.800. The Balaban J connectivity index is 2.94. The van der Waals surface area contributed by atoms with Crippen LogP contribution in [-0.4, -0.2) is 9.73 Å². The molecule has 0 radical (unpaired) electrons.